The summed E-state index contributed by atoms with van der Waals surface area (Å²) in [5.41, 5.74) is 0.596. The summed E-state index contributed by atoms with van der Waals surface area (Å²) < 4.78 is 31.5. The quantitative estimate of drug-likeness (QED) is 0.704. The van der Waals surface area contributed by atoms with Crippen LogP contribution in [0.3, 0.4) is 0 Å². The van der Waals surface area contributed by atoms with Gasteiger partial charge in [0.15, 0.2) is 29.1 Å². The standard InChI is InChI=1S/C20H21NO8/c1-11(19(22)21-12-5-7-14-16(9-12)28-10-27-14)29-20(23)13-6-8-15(24-2)18(26-4)17(13)25-3/h5-9,11H,10H2,1-4H3,(H,21,22)/t11-/m1/s1. The van der Waals surface area contributed by atoms with Gasteiger partial charge in [0.05, 0.1) is 21.3 Å². The number of amides is 1. The molecule has 3 rings (SSSR count). The average molecular weight is 403 g/mol. The molecule has 0 fully saturated rings. The lowest BCUT2D eigenvalue weighted by Gasteiger charge is -2.17. The van der Waals surface area contributed by atoms with Crippen LogP contribution < -0.4 is 29.0 Å². The number of fused-ring (bicyclic) bond motifs is 1. The first kappa shape index (κ1) is 20.1. The molecular weight excluding hydrogens is 382 g/mol. The van der Waals surface area contributed by atoms with Gasteiger partial charge in [-0.2, -0.15) is 0 Å². The summed E-state index contributed by atoms with van der Waals surface area (Å²) in [5, 5.41) is 2.67. The number of hydrogen-bond acceptors (Lipinski definition) is 8. The number of benzene rings is 2. The average Bonchev–Trinajstić information content (AvgIpc) is 3.20. The Morgan fingerprint density at radius 3 is 2.38 bits per heavy atom. The van der Waals surface area contributed by atoms with E-state index in [1.165, 1.54) is 34.3 Å². The van der Waals surface area contributed by atoms with Gasteiger partial charge >= 0.3 is 5.97 Å². The van der Waals surface area contributed by atoms with Gasteiger partial charge in [-0.3, -0.25) is 4.79 Å². The van der Waals surface area contributed by atoms with Crippen molar-refractivity contribution < 1.29 is 38.0 Å². The number of nitrogens with one attached hydrogen (secondary N) is 1. The first-order valence-electron chi connectivity index (χ1n) is 8.69. The van der Waals surface area contributed by atoms with Gasteiger partial charge in [0.1, 0.15) is 5.56 Å². The van der Waals surface area contributed by atoms with E-state index in [0.717, 1.165) is 0 Å². The highest BCUT2D eigenvalue weighted by Crippen LogP contribution is 2.40. The van der Waals surface area contributed by atoms with Crippen LogP contribution in [0.25, 0.3) is 0 Å². The van der Waals surface area contributed by atoms with Crippen LogP contribution in [0.2, 0.25) is 0 Å². The predicted octanol–water partition coefficient (Wildman–Crippen LogP) is 2.63. The second-order valence-electron chi connectivity index (χ2n) is 5.99. The molecule has 0 saturated carbocycles. The zero-order valence-electron chi connectivity index (χ0n) is 16.4. The van der Waals surface area contributed by atoms with E-state index < -0.39 is 18.0 Å². The molecule has 0 aliphatic carbocycles. The van der Waals surface area contributed by atoms with Gasteiger partial charge in [-0.1, -0.05) is 0 Å². The van der Waals surface area contributed by atoms with Crippen LogP contribution in [-0.4, -0.2) is 46.1 Å². The Bertz CT molecular complexity index is 927. The third-order valence-corrected chi connectivity index (χ3v) is 4.22. The first-order chi connectivity index (χ1) is 14.0. The van der Waals surface area contributed by atoms with Crippen LogP contribution in [0, 0.1) is 0 Å². The van der Waals surface area contributed by atoms with Crippen LogP contribution in [0.15, 0.2) is 30.3 Å². The van der Waals surface area contributed by atoms with E-state index in [1.807, 2.05) is 0 Å². The molecule has 29 heavy (non-hydrogen) atoms. The van der Waals surface area contributed by atoms with E-state index >= 15 is 0 Å². The minimum atomic E-state index is -1.06. The summed E-state index contributed by atoms with van der Waals surface area (Å²) in [6, 6.07) is 8.01. The molecule has 1 aliphatic rings. The normalized spacial score (nSPS) is 12.7. The van der Waals surface area contributed by atoms with Crippen LogP contribution in [0.1, 0.15) is 17.3 Å². The van der Waals surface area contributed by atoms with Gasteiger partial charge < -0.3 is 33.7 Å². The molecule has 1 N–H and O–H groups in total. The molecule has 0 aromatic heterocycles. The topological polar surface area (TPSA) is 102 Å². The Kier molecular flexibility index (Phi) is 5.96. The van der Waals surface area contributed by atoms with Crippen molar-refractivity contribution >= 4 is 17.6 Å². The van der Waals surface area contributed by atoms with Crippen molar-refractivity contribution in [1.29, 1.82) is 0 Å². The summed E-state index contributed by atoms with van der Waals surface area (Å²) in [5.74, 6) is 0.690. The van der Waals surface area contributed by atoms with Crippen molar-refractivity contribution in [3.63, 3.8) is 0 Å². The zero-order valence-corrected chi connectivity index (χ0v) is 16.4. The Hall–Kier alpha value is -3.62. The first-order valence-corrected chi connectivity index (χ1v) is 8.69. The molecule has 0 radical (unpaired) electrons. The Morgan fingerprint density at radius 2 is 1.69 bits per heavy atom. The van der Waals surface area contributed by atoms with E-state index in [1.54, 1.807) is 24.3 Å². The number of anilines is 1. The van der Waals surface area contributed by atoms with Gasteiger partial charge in [0.2, 0.25) is 12.5 Å². The summed E-state index contributed by atoms with van der Waals surface area (Å²) >= 11 is 0. The number of carbonyl (C=O) groups is 2. The minimum Gasteiger partial charge on any atom is -0.493 e. The molecule has 1 amide bonds. The lowest BCUT2D eigenvalue weighted by atomic mass is 10.1. The van der Waals surface area contributed by atoms with E-state index in [9.17, 15) is 9.59 Å². The lowest BCUT2D eigenvalue weighted by molar-refractivity contribution is -0.123. The van der Waals surface area contributed by atoms with E-state index in [-0.39, 0.29) is 23.9 Å². The molecule has 1 heterocycles. The third-order valence-electron chi connectivity index (χ3n) is 4.22. The fraction of sp³-hybridized carbons (Fsp3) is 0.300. The summed E-state index contributed by atoms with van der Waals surface area (Å²) in [6.07, 6.45) is -1.06. The van der Waals surface area contributed by atoms with Gasteiger partial charge in [-0.25, -0.2) is 4.79 Å². The molecule has 0 bridgehead atoms. The Labute approximate surface area is 167 Å². The summed E-state index contributed by atoms with van der Waals surface area (Å²) in [6.45, 7) is 1.60. The van der Waals surface area contributed by atoms with E-state index in [0.29, 0.717) is 22.9 Å². The lowest BCUT2D eigenvalue weighted by Crippen LogP contribution is -2.30. The number of carbonyl (C=O) groups excluding carboxylic acids is 2. The van der Waals surface area contributed by atoms with Crippen LogP contribution in [-0.2, 0) is 9.53 Å². The van der Waals surface area contributed by atoms with Crippen molar-refractivity contribution in [2.45, 2.75) is 13.0 Å². The van der Waals surface area contributed by atoms with Gasteiger partial charge in [0.25, 0.3) is 5.91 Å². The maximum atomic E-state index is 12.6. The second-order valence-corrected chi connectivity index (χ2v) is 5.99. The van der Waals surface area contributed by atoms with Crippen molar-refractivity contribution in [3.8, 4) is 28.7 Å². The van der Waals surface area contributed by atoms with Crippen LogP contribution in [0.5, 0.6) is 28.7 Å². The highest BCUT2D eigenvalue weighted by Gasteiger charge is 2.25. The second kappa shape index (κ2) is 8.59. The van der Waals surface area contributed by atoms with Gasteiger partial charge in [0, 0.05) is 11.8 Å². The number of hydrogen-bond donors (Lipinski definition) is 1. The zero-order chi connectivity index (χ0) is 21.0. The molecule has 0 saturated heterocycles. The van der Waals surface area contributed by atoms with Crippen LogP contribution >= 0.6 is 0 Å². The fourth-order valence-corrected chi connectivity index (χ4v) is 2.76. The molecule has 1 atom stereocenters. The molecule has 0 spiro atoms. The molecule has 9 nitrogen and oxygen atoms in total. The number of ether oxygens (including phenoxy) is 6. The minimum absolute atomic E-state index is 0.105. The maximum Gasteiger partial charge on any atom is 0.342 e. The van der Waals surface area contributed by atoms with Crippen molar-refractivity contribution in [3.05, 3.63) is 35.9 Å². The van der Waals surface area contributed by atoms with E-state index in [2.05, 4.69) is 5.32 Å². The van der Waals surface area contributed by atoms with Gasteiger partial charge in [-0.05, 0) is 31.2 Å². The smallest absolute Gasteiger partial charge is 0.342 e. The maximum absolute atomic E-state index is 12.6. The highest BCUT2D eigenvalue weighted by atomic mass is 16.7. The summed E-state index contributed by atoms with van der Waals surface area (Å²) in [4.78, 5) is 25.0. The number of esters is 1. The largest absolute Gasteiger partial charge is 0.493 e. The van der Waals surface area contributed by atoms with Crippen molar-refractivity contribution in [2.24, 2.45) is 0 Å². The molecule has 9 heteroatoms. The fourth-order valence-electron chi connectivity index (χ4n) is 2.76. The molecule has 154 valence electrons. The number of rotatable bonds is 7. The monoisotopic (exact) mass is 403 g/mol. The molecule has 0 unspecified atom stereocenters. The van der Waals surface area contributed by atoms with Crippen LogP contribution in [0.4, 0.5) is 5.69 Å². The third kappa shape index (κ3) is 4.13. The summed E-state index contributed by atoms with van der Waals surface area (Å²) in [7, 11) is 4.29. The Morgan fingerprint density at radius 1 is 0.966 bits per heavy atom. The highest BCUT2D eigenvalue weighted by molar-refractivity contribution is 5.99. The van der Waals surface area contributed by atoms with Crippen molar-refractivity contribution in [2.75, 3.05) is 33.4 Å². The molecular formula is C20H21NO8. The SMILES string of the molecule is COc1ccc(C(=O)O[C@H](C)C(=O)Nc2ccc3c(c2)OCO3)c(OC)c1OC. The molecule has 2 aromatic carbocycles. The molecule has 1 aliphatic heterocycles. The predicted molar refractivity (Wildman–Crippen MR) is 102 cm³/mol. The van der Waals surface area contributed by atoms with E-state index in [4.69, 9.17) is 28.4 Å². The molecule has 2 aromatic rings. The van der Waals surface area contributed by atoms with Crippen molar-refractivity contribution in [1.82, 2.24) is 0 Å². The Balaban J connectivity index is 1.71. The van der Waals surface area contributed by atoms with Gasteiger partial charge in [-0.15, -0.1) is 0 Å². The number of methoxy groups -OCH3 is 3.